The third-order valence-corrected chi connectivity index (χ3v) is 3.87. The Labute approximate surface area is 116 Å². The molecular formula is C15H25N3O. The summed E-state index contributed by atoms with van der Waals surface area (Å²) in [5, 5.41) is 8.10. The molecule has 1 aromatic heterocycles. The smallest absolute Gasteiger partial charge is 0.233 e. The first-order chi connectivity index (χ1) is 9.19. The van der Waals surface area contributed by atoms with E-state index in [1.807, 2.05) is 19.1 Å². The van der Waals surface area contributed by atoms with Crippen LogP contribution in [0.1, 0.15) is 45.2 Å². The number of aryl methyl sites for hydroxylation is 1. The molecular weight excluding hydrogens is 238 g/mol. The normalized spacial score (nSPS) is 19.3. The van der Waals surface area contributed by atoms with Crippen LogP contribution in [0.3, 0.4) is 0 Å². The molecule has 0 aliphatic carbocycles. The Morgan fingerprint density at radius 1 is 1.32 bits per heavy atom. The lowest BCUT2D eigenvalue weighted by molar-refractivity contribution is 0.0739. The van der Waals surface area contributed by atoms with Crippen LogP contribution in [0.2, 0.25) is 0 Å². The lowest BCUT2D eigenvalue weighted by atomic mass is 10.0. The summed E-state index contributed by atoms with van der Waals surface area (Å²) in [6, 6.07) is 4.56. The molecule has 0 saturated carbocycles. The molecule has 1 atom stereocenters. The van der Waals surface area contributed by atoms with E-state index < -0.39 is 0 Å². The fourth-order valence-corrected chi connectivity index (χ4v) is 2.66. The number of aromatic nitrogens is 2. The van der Waals surface area contributed by atoms with E-state index >= 15 is 0 Å². The SMILES string of the molecule is CCCC(C)N1CCC(Oc2ccc(C)nn2)CC1. The van der Waals surface area contributed by atoms with Crippen molar-refractivity contribution < 1.29 is 4.74 Å². The molecule has 1 aromatic rings. The topological polar surface area (TPSA) is 38.2 Å². The molecule has 106 valence electrons. The Kier molecular flexibility index (Phi) is 5.14. The van der Waals surface area contributed by atoms with Crippen LogP contribution in [-0.2, 0) is 0 Å². The number of ether oxygens (including phenoxy) is 1. The Morgan fingerprint density at radius 2 is 2.05 bits per heavy atom. The summed E-state index contributed by atoms with van der Waals surface area (Å²) in [5.41, 5.74) is 0.926. The van der Waals surface area contributed by atoms with Crippen LogP contribution in [0.15, 0.2) is 12.1 Å². The minimum absolute atomic E-state index is 0.294. The van der Waals surface area contributed by atoms with Gasteiger partial charge in [-0.2, -0.15) is 5.10 Å². The number of hydrogen-bond donors (Lipinski definition) is 0. The van der Waals surface area contributed by atoms with Gasteiger partial charge in [-0.1, -0.05) is 13.3 Å². The Bertz CT molecular complexity index is 371. The van der Waals surface area contributed by atoms with Crippen molar-refractivity contribution in [1.29, 1.82) is 0 Å². The van der Waals surface area contributed by atoms with Crippen molar-refractivity contribution in [3.63, 3.8) is 0 Å². The highest BCUT2D eigenvalue weighted by molar-refractivity contribution is 5.10. The van der Waals surface area contributed by atoms with E-state index in [0.717, 1.165) is 31.6 Å². The van der Waals surface area contributed by atoms with Gasteiger partial charge in [-0.15, -0.1) is 5.10 Å². The summed E-state index contributed by atoms with van der Waals surface area (Å²) in [6.07, 6.45) is 5.01. The molecule has 4 nitrogen and oxygen atoms in total. The van der Waals surface area contributed by atoms with Crippen molar-refractivity contribution >= 4 is 0 Å². The van der Waals surface area contributed by atoms with Gasteiger partial charge in [0.1, 0.15) is 6.10 Å². The van der Waals surface area contributed by atoms with Crippen LogP contribution >= 0.6 is 0 Å². The summed E-state index contributed by atoms with van der Waals surface area (Å²) < 4.78 is 5.90. The zero-order valence-electron chi connectivity index (χ0n) is 12.3. The third kappa shape index (κ3) is 4.16. The van der Waals surface area contributed by atoms with Gasteiger partial charge in [0.05, 0.1) is 5.69 Å². The van der Waals surface area contributed by atoms with Crippen LogP contribution < -0.4 is 4.74 Å². The van der Waals surface area contributed by atoms with Crippen molar-refractivity contribution in [2.24, 2.45) is 0 Å². The van der Waals surface area contributed by atoms with Crippen LogP contribution in [-0.4, -0.2) is 40.3 Å². The summed E-state index contributed by atoms with van der Waals surface area (Å²) in [7, 11) is 0. The van der Waals surface area contributed by atoms with Gasteiger partial charge in [-0.05, 0) is 39.2 Å². The third-order valence-electron chi connectivity index (χ3n) is 3.87. The van der Waals surface area contributed by atoms with Gasteiger partial charge in [-0.25, -0.2) is 0 Å². The molecule has 0 bridgehead atoms. The second-order valence-corrected chi connectivity index (χ2v) is 5.50. The van der Waals surface area contributed by atoms with E-state index in [1.54, 1.807) is 0 Å². The Balaban J connectivity index is 1.78. The molecule has 1 saturated heterocycles. The number of rotatable bonds is 5. The molecule has 1 unspecified atom stereocenters. The van der Waals surface area contributed by atoms with Crippen molar-refractivity contribution in [2.45, 2.75) is 58.6 Å². The van der Waals surface area contributed by atoms with Crippen molar-refractivity contribution in [3.8, 4) is 5.88 Å². The first kappa shape index (κ1) is 14.3. The van der Waals surface area contributed by atoms with E-state index in [-0.39, 0.29) is 0 Å². The Morgan fingerprint density at radius 3 is 2.63 bits per heavy atom. The van der Waals surface area contributed by atoms with Crippen LogP contribution in [0.25, 0.3) is 0 Å². The largest absolute Gasteiger partial charge is 0.473 e. The maximum absolute atomic E-state index is 5.90. The molecule has 1 aliphatic heterocycles. The van der Waals surface area contributed by atoms with E-state index in [9.17, 15) is 0 Å². The van der Waals surface area contributed by atoms with Gasteiger partial charge in [0.25, 0.3) is 0 Å². The van der Waals surface area contributed by atoms with Crippen LogP contribution in [0, 0.1) is 6.92 Å². The fourth-order valence-electron chi connectivity index (χ4n) is 2.66. The molecule has 19 heavy (non-hydrogen) atoms. The molecule has 0 N–H and O–H groups in total. The van der Waals surface area contributed by atoms with Gasteiger partial charge in [0.2, 0.25) is 5.88 Å². The minimum atomic E-state index is 0.294. The first-order valence-corrected chi connectivity index (χ1v) is 7.40. The highest BCUT2D eigenvalue weighted by Crippen LogP contribution is 2.19. The molecule has 2 heterocycles. The van der Waals surface area contributed by atoms with Gasteiger partial charge >= 0.3 is 0 Å². The number of hydrogen-bond acceptors (Lipinski definition) is 4. The fraction of sp³-hybridized carbons (Fsp3) is 0.733. The number of likely N-dealkylation sites (tertiary alicyclic amines) is 1. The molecule has 2 rings (SSSR count). The highest BCUT2D eigenvalue weighted by Gasteiger charge is 2.23. The molecule has 0 amide bonds. The molecule has 0 spiro atoms. The van der Waals surface area contributed by atoms with Gasteiger partial charge in [0, 0.05) is 25.2 Å². The monoisotopic (exact) mass is 263 g/mol. The molecule has 1 fully saturated rings. The zero-order chi connectivity index (χ0) is 13.7. The minimum Gasteiger partial charge on any atom is -0.473 e. The van der Waals surface area contributed by atoms with Crippen LogP contribution in [0.5, 0.6) is 5.88 Å². The van der Waals surface area contributed by atoms with Gasteiger partial charge < -0.3 is 9.64 Å². The summed E-state index contributed by atoms with van der Waals surface area (Å²) in [6.45, 7) is 8.78. The van der Waals surface area contributed by atoms with E-state index in [2.05, 4.69) is 28.9 Å². The summed E-state index contributed by atoms with van der Waals surface area (Å²) in [5.74, 6) is 0.658. The van der Waals surface area contributed by atoms with Crippen LogP contribution in [0.4, 0.5) is 0 Å². The summed E-state index contributed by atoms with van der Waals surface area (Å²) in [4.78, 5) is 2.57. The van der Waals surface area contributed by atoms with Gasteiger partial charge in [-0.3, -0.25) is 0 Å². The van der Waals surface area contributed by atoms with Crippen molar-refractivity contribution in [2.75, 3.05) is 13.1 Å². The quantitative estimate of drug-likeness (QED) is 0.819. The van der Waals surface area contributed by atoms with E-state index in [1.165, 1.54) is 12.8 Å². The number of nitrogens with zero attached hydrogens (tertiary/aromatic N) is 3. The second-order valence-electron chi connectivity index (χ2n) is 5.50. The average molecular weight is 263 g/mol. The molecule has 0 radical (unpaired) electrons. The lowest BCUT2D eigenvalue weighted by Gasteiger charge is -2.35. The predicted molar refractivity (Wildman–Crippen MR) is 76.4 cm³/mol. The van der Waals surface area contributed by atoms with Crippen molar-refractivity contribution in [1.82, 2.24) is 15.1 Å². The Hall–Kier alpha value is -1.16. The molecule has 4 heteroatoms. The lowest BCUT2D eigenvalue weighted by Crippen LogP contribution is -2.43. The zero-order valence-corrected chi connectivity index (χ0v) is 12.3. The molecule has 1 aliphatic rings. The molecule has 0 aromatic carbocycles. The standard InChI is InChI=1S/C15H25N3O/c1-4-5-13(3)18-10-8-14(9-11-18)19-15-7-6-12(2)16-17-15/h6-7,13-14H,4-5,8-11H2,1-3H3. The maximum Gasteiger partial charge on any atom is 0.233 e. The summed E-state index contributed by atoms with van der Waals surface area (Å²) >= 11 is 0. The van der Waals surface area contributed by atoms with Gasteiger partial charge in [0.15, 0.2) is 0 Å². The van der Waals surface area contributed by atoms with E-state index in [4.69, 9.17) is 4.74 Å². The average Bonchev–Trinajstić information content (AvgIpc) is 2.42. The second kappa shape index (κ2) is 6.85. The number of piperidine rings is 1. The van der Waals surface area contributed by atoms with E-state index in [0.29, 0.717) is 18.0 Å². The van der Waals surface area contributed by atoms with Crippen molar-refractivity contribution in [3.05, 3.63) is 17.8 Å². The highest BCUT2D eigenvalue weighted by atomic mass is 16.5. The first-order valence-electron chi connectivity index (χ1n) is 7.40. The predicted octanol–water partition coefficient (Wildman–Crippen LogP) is 2.82. The maximum atomic E-state index is 5.90.